The lowest BCUT2D eigenvalue weighted by Gasteiger charge is -2.19. The molecule has 140 valence electrons. The first kappa shape index (κ1) is 18.4. The van der Waals surface area contributed by atoms with Gasteiger partial charge in [-0.3, -0.25) is 14.4 Å². The molecule has 1 aromatic carbocycles. The van der Waals surface area contributed by atoms with Crippen LogP contribution in [-0.2, 0) is 14.4 Å². The number of aryl methyl sites for hydroxylation is 1. The van der Waals surface area contributed by atoms with E-state index in [0.29, 0.717) is 12.1 Å². The van der Waals surface area contributed by atoms with Crippen LogP contribution in [0.3, 0.4) is 0 Å². The van der Waals surface area contributed by atoms with Crippen molar-refractivity contribution in [1.29, 1.82) is 0 Å². The number of rotatable bonds is 3. The normalized spacial score (nSPS) is 18.5. The second-order valence-electron chi connectivity index (χ2n) is 7.27. The quantitative estimate of drug-likeness (QED) is 0.645. The first-order chi connectivity index (χ1) is 12.5. The van der Waals surface area contributed by atoms with Gasteiger partial charge in [0, 0.05) is 30.4 Å². The average Bonchev–Trinajstić information content (AvgIpc) is 2.87. The van der Waals surface area contributed by atoms with E-state index in [9.17, 15) is 14.4 Å². The Kier molecular flexibility index (Phi) is 5.91. The molecule has 6 heteroatoms. The first-order valence-electron chi connectivity index (χ1n) is 9.57. The Labute approximate surface area is 154 Å². The molecule has 0 radical (unpaired) electrons. The third kappa shape index (κ3) is 4.42. The highest BCUT2D eigenvalue weighted by molar-refractivity contribution is 6.39. The number of carbonyl (C=O) groups excluding carboxylic acids is 3. The van der Waals surface area contributed by atoms with Crippen LogP contribution in [-0.4, -0.2) is 30.3 Å². The zero-order valence-electron chi connectivity index (χ0n) is 15.3. The van der Waals surface area contributed by atoms with Gasteiger partial charge in [-0.05, 0) is 49.9 Å². The van der Waals surface area contributed by atoms with Crippen LogP contribution in [0.25, 0.3) is 0 Å². The molecule has 1 aliphatic heterocycles. The van der Waals surface area contributed by atoms with E-state index >= 15 is 0 Å². The molecule has 26 heavy (non-hydrogen) atoms. The maximum absolute atomic E-state index is 12.2. The molecule has 0 spiro atoms. The Balaban J connectivity index is 1.59. The summed E-state index contributed by atoms with van der Waals surface area (Å²) < 4.78 is 0. The number of amides is 3. The highest BCUT2D eigenvalue weighted by Crippen LogP contribution is 2.27. The summed E-state index contributed by atoms with van der Waals surface area (Å²) in [5.74, 6) is -1.08. The molecular weight excluding hydrogens is 330 g/mol. The van der Waals surface area contributed by atoms with E-state index in [4.69, 9.17) is 0 Å². The summed E-state index contributed by atoms with van der Waals surface area (Å²) >= 11 is 0. The minimum Gasteiger partial charge on any atom is -0.345 e. The zero-order valence-corrected chi connectivity index (χ0v) is 15.3. The molecule has 1 heterocycles. The molecule has 2 aliphatic rings. The lowest BCUT2D eigenvalue weighted by molar-refractivity contribution is -0.136. The summed E-state index contributed by atoms with van der Waals surface area (Å²) in [5.41, 5.74) is 2.34. The third-order valence-electron chi connectivity index (χ3n) is 5.22. The fraction of sp³-hybridized carbons (Fsp3) is 0.550. The number of anilines is 2. The van der Waals surface area contributed by atoms with Gasteiger partial charge in [0.2, 0.25) is 5.91 Å². The average molecular weight is 357 g/mol. The molecule has 1 aliphatic carbocycles. The molecule has 0 unspecified atom stereocenters. The van der Waals surface area contributed by atoms with Crippen molar-refractivity contribution in [2.45, 2.75) is 64.3 Å². The van der Waals surface area contributed by atoms with Crippen molar-refractivity contribution in [2.75, 3.05) is 16.8 Å². The monoisotopic (exact) mass is 357 g/mol. The summed E-state index contributed by atoms with van der Waals surface area (Å²) in [6.07, 6.45) is 7.93. The summed E-state index contributed by atoms with van der Waals surface area (Å²) in [6.45, 7) is 2.64. The van der Waals surface area contributed by atoms with Crippen LogP contribution in [0, 0.1) is 6.92 Å². The van der Waals surface area contributed by atoms with Crippen LogP contribution in [0.2, 0.25) is 0 Å². The van der Waals surface area contributed by atoms with E-state index in [-0.39, 0.29) is 11.9 Å². The molecule has 2 N–H and O–H groups in total. The van der Waals surface area contributed by atoms with Crippen LogP contribution < -0.4 is 15.5 Å². The largest absolute Gasteiger partial charge is 0.345 e. The fourth-order valence-corrected chi connectivity index (χ4v) is 3.80. The molecule has 0 bridgehead atoms. The number of carbonyl (C=O) groups is 3. The van der Waals surface area contributed by atoms with Gasteiger partial charge in [0.25, 0.3) is 0 Å². The molecule has 1 aromatic rings. The molecule has 3 rings (SSSR count). The van der Waals surface area contributed by atoms with Gasteiger partial charge in [-0.1, -0.05) is 25.7 Å². The van der Waals surface area contributed by atoms with Crippen molar-refractivity contribution in [3.63, 3.8) is 0 Å². The van der Waals surface area contributed by atoms with Gasteiger partial charge in [-0.2, -0.15) is 0 Å². The summed E-state index contributed by atoms with van der Waals surface area (Å²) in [6, 6.07) is 5.47. The van der Waals surface area contributed by atoms with E-state index in [2.05, 4.69) is 10.6 Å². The van der Waals surface area contributed by atoms with E-state index in [1.165, 1.54) is 12.8 Å². The molecule has 0 atom stereocenters. The second kappa shape index (κ2) is 8.34. The molecule has 0 aromatic heterocycles. The third-order valence-corrected chi connectivity index (χ3v) is 5.22. The van der Waals surface area contributed by atoms with Crippen LogP contribution in [0.4, 0.5) is 11.4 Å². The Morgan fingerprint density at radius 1 is 1.04 bits per heavy atom. The Hall–Kier alpha value is -2.37. The van der Waals surface area contributed by atoms with Gasteiger partial charge in [0.15, 0.2) is 0 Å². The van der Waals surface area contributed by atoms with Crippen molar-refractivity contribution in [1.82, 2.24) is 5.32 Å². The number of nitrogens with one attached hydrogen (secondary N) is 2. The zero-order chi connectivity index (χ0) is 18.5. The first-order valence-corrected chi connectivity index (χ1v) is 9.57. The van der Waals surface area contributed by atoms with E-state index in [1.807, 2.05) is 13.0 Å². The molecule has 1 saturated heterocycles. The van der Waals surface area contributed by atoms with Crippen LogP contribution >= 0.6 is 0 Å². The van der Waals surface area contributed by atoms with Crippen LogP contribution in [0.5, 0.6) is 0 Å². The summed E-state index contributed by atoms with van der Waals surface area (Å²) in [7, 11) is 0. The lowest BCUT2D eigenvalue weighted by Crippen LogP contribution is -2.41. The minimum absolute atomic E-state index is 0.0982. The topological polar surface area (TPSA) is 78.5 Å². The molecule has 3 amide bonds. The van der Waals surface area contributed by atoms with Crippen molar-refractivity contribution >= 4 is 29.1 Å². The van der Waals surface area contributed by atoms with Crippen LogP contribution in [0.1, 0.15) is 56.9 Å². The smallest absolute Gasteiger partial charge is 0.313 e. The summed E-state index contributed by atoms with van der Waals surface area (Å²) in [4.78, 5) is 38.0. The Morgan fingerprint density at radius 2 is 1.77 bits per heavy atom. The van der Waals surface area contributed by atoms with E-state index in [1.54, 1.807) is 17.0 Å². The predicted octanol–water partition coefficient (Wildman–Crippen LogP) is 2.90. The van der Waals surface area contributed by atoms with Crippen molar-refractivity contribution < 1.29 is 14.4 Å². The van der Waals surface area contributed by atoms with Gasteiger partial charge in [0.05, 0.1) is 0 Å². The van der Waals surface area contributed by atoms with Gasteiger partial charge in [-0.15, -0.1) is 0 Å². The standard InChI is InChI=1S/C20H27N3O3/c1-14-13-16(10-11-17(14)23-12-6-9-18(23)24)22-20(26)19(25)21-15-7-4-2-3-5-8-15/h10-11,13,15H,2-9,12H2,1H3,(H,21,25)(H,22,26). The lowest BCUT2D eigenvalue weighted by atomic mass is 10.1. The number of nitrogens with zero attached hydrogens (tertiary/aromatic N) is 1. The second-order valence-corrected chi connectivity index (χ2v) is 7.27. The maximum Gasteiger partial charge on any atom is 0.313 e. The van der Waals surface area contributed by atoms with E-state index < -0.39 is 11.8 Å². The van der Waals surface area contributed by atoms with Gasteiger partial charge < -0.3 is 15.5 Å². The Morgan fingerprint density at radius 3 is 2.38 bits per heavy atom. The molecule has 2 fully saturated rings. The maximum atomic E-state index is 12.2. The summed E-state index contributed by atoms with van der Waals surface area (Å²) in [5, 5.41) is 5.51. The van der Waals surface area contributed by atoms with Crippen molar-refractivity contribution in [3.05, 3.63) is 23.8 Å². The number of benzene rings is 1. The molecular formula is C20H27N3O3. The minimum atomic E-state index is -0.640. The number of hydrogen-bond donors (Lipinski definition) is 2. The SMILES string of the molecule is Cc1cc(NC(=O)C(=O)NC2CCCCCC2)ccc1N1CCCC1=O. The van der Waals surface area contributed by atoms with Crippen molar-refractivity contribution in [2.24, 2.45) is 0 Å². The highest BCUT2D eigenvalue weighted by Gasteiger charge is 2.24. The highest BCUT2D eigenvalue weighted by atomic mass is 16.2. The van der Waals surface area contributed by atoms with Gasteiger partial charge in [0.1, 0.15) is 0 Å². The number of hydrogen-bond acceptors (Lipinski definition) is 3. The molecule has 1 saturated carbocycles. The fourth-order valence-electron chi connectivity index (χ4n) is 3.80. The Bertz CT molecular complexity index is 694. The van der Waals surface area contributed by atoms with Crippen molar-refractivity contribution in [3.8, 4) is 0 Å². The predicted molar refractivity (Wildman–Crippen MR) is 101 cm³/mol. The van der Waals surface area contributed by atoms with Crippen LogP contribution in [0.15, 0.2) is 18.2 Å². The van der Waals surface area contributed by atoms with E-state index in [0.717, 1.165) is 49.9 Å². The van der Waals surface area contributed by atoms with Gasteiger partial charge in [-0.25, -0.2) is 0 Å². The molecule has 6 nitrogen and oxygen atoms in total. The van der Waals surface area contributed by atoms with Gasteiger partial charge >= 0.3 is 11.8 Å².